The second kappa shape index (κ2) is 8.34. The molecule has 29 heavy (non-hydrogen) atoms. The van der Waals surface area contributed by atoms with Gasteiger partial charge in [-0.3, -0.25) is 4.90 Å². The van der Waals surface area contributed by atoms with Crippen LogP contribution < -0.4 is 10.6 Å². The summed E-state index contributed by atoms with van der Waals surface area (Å²) < 4.78 is 1.79. The van der Waals surface area contributed by atoms with Gasteiger partial charge >= 0.3 is 6.03 Å². The molecule has 0 fully saturated rings. The van der Waals surface area contributed by atoms with E-state index in [1.807, 2.05) is 43.4 Å². The molecule has 0 saturated carbocycles. The van der Waals surface area contributed by atoms with Crippen LogP contribution in [0.5, 0.6) is 0 Å². The number of pyridine rings is 1. The maximum absolute atomic E-state index is 12.3. The summed E-state index contributed by atoms with van der Waals surface area (Å²) in [5, 5.41) is 12.4. The van der Waals surface area contributed by atoms with Crippen molar-refractivity contribution in [1.29, 1.82) is 0 Å². The SMILES string of the molecule is Cc1cc(C)n(-c2ccc(NC(=O)NCC(C)N3CCc4sccc4C3)cn2)n1. The molecule has 0 saturated heterocycles. The minimum atomic E-state index is -0.217. The molecule has 8 heteroatoms. The van der Waals surface area contributed by atoms with Crippen LogP contribution in [0.4, 0.5) is 10.5 Å². The summed E-state index contributed by atoms with van der Waals surface area (Å²) in [6, 6.07) is 7.96. The van der Waals surface area contributed by atoms with Gasteiger partial charge in [0.25, 0.3) is 0 Å². The summed E-state index contributed by atoms with van der Waals surface area (Å²) in [7, 11) is 0. The lowest BCUT2D eigenvalue weighted by atomic mass is 10.1. The lowest BCUT2D eigenvalue weighted by molar-refractivity contribution is 0.188. The lowest BCUT2D eigenvalue weighted by Gasteiger charge is -2.32. The second-order valence-electron chi connectivity index (χ2n) is 7.52. The fourth-order valence-corrected chi connectivity index (χ4v) is 4.53. The van der Waals surface area contributed by atoms with Crippen molar-refractivity contribution in [3.63, 3.8) is 0 Å². The van der Waals surface area contributed by atoms with Gasteiger partial charge in [0.1, 0.15) is 0 Å². The van der Waals surface area contributed by atoms with Crippen LogP contribution in [0.25, 0.3) is 5.82 Å². The molecule has 0 aromatic carbocycles. The van der Waals surface area contributed by atoms with Gasteiger partial charge in [-0.15, -0.1) is 11.3 Å². The standard InChI is InChI=1S/C21H26N6OS/c1-14-10-15(2)27(25-14)20-5-4-18(12-22-20)24-21(28)23-11-16(3)26-8-6-19-17(13-26)7-9-29-19/h4-5,7,9-10,12,16H,6,8,11,13H2,1-3H3,(H2,23,24,28). The molecule has 0 radical (unpaired) electrons. The maximum Gasteiger partial charge on any atom is 0.319 e. The smallest absolute Gasteiger partial charge is 0.319 e. The molecule has 0 aliphatic carbocycles. The van der Waals surface area contributed by atoms with Crippen molar-refractivity contribution in [2.24, 2.45) is 0 Å². The Kier molecular flexibility index (Phi) is 5.64. The molecule has 0 spiro atoms. The van der Waals surface area contributed by atoms with Crippen molar-refractivity contribution >= 4 is 23.1 Å². The average molecular weight is 411 g/mol. The minimum absolute atomic E-state index is 0.217. The Morgan fingerprint density at radius 1 is 1.31 bits per heavy atom. The van der Waals surface area contributed by atoms with Crippen molar-refractivity contribution in [1.82, 2.24) is 25.0 Å². The topological polar surface area (TPSA) is 75.1 Å². The molecule has 1 aliphatic rings. The first-order valence-electron chi connectivity index (χ1n) is 9.83. The second-order valence-corrected chi connectivity index (χ2v) is 8.52. The molecule has 1 unspecified atom stereocenters. The minimum Gasteiger partial charge on any atom is -0.336 e. The molecule has 7 nitrogen and oxygen atoms in total. The zero-order valence-corrected chi connectivity index (χ0v) is 17.8. The van der Waals surface area contributed by atoms with E-state index in [4.69, 9.17) is 0 Å². The largest absolute Gasteiger partial charge is 0.336 e. The van der Waals surface area contributed by atoms with E-state index < -0.39 is 0 Å². The van der Waals surface area contributed by atoms with E-state index in [-0.39, 0.29) is 12.1 Å². The molecule has 3 aromatic heterocycles. The number of carbonyl (C=O) groups excluding carboxylic acids is 1. The molecule has 2 amide bonds. The molecule has 0 bridgehead atoms. The third-order valence-electron chi connectivity index (χ3n) is 5.25. The van der Waals surface area contributed by atoms with Crippen LogP contribution in [0.3, 0.4) is 0 Å². The van der Waals surface area contributed by atoms with Gasteiger partial charge in [-0.05, 0) is 62.4 Å². The van der Waals surface area contributed by atoms with E-state index in [9.17, 15) is 4.79 Å². The average Bonchev–Trinajstić information content (AvgIpc) is 3.31. The Bertz CT molecular complexity index is 993. The van der Waals surface area contributed by atoms with Crippen LogP contribution >= 0.6 is 11.3 Å². The number of urea groups is 1. The summed E-state index contributed by atoms with van der Waals surface area (Å²) in [5.41, 5.74) is 4.05. The molecular weight excluding hydrogens is 384 g/mol. The first kappa shape index (κ1) is 19.6. The van der Waals surface area contributed by atoms with E-state index in [2.05, 4.69) is 44.0 Å². The number of rotatable bonds is 5. The zero-order chi connectivity index (χ0) is 20.4. The highest BCUT2D eigenvalue weighted by atomic mass is 32.1. The summed E-state index contributed by atoms with van der Waals surface area (Å²) in [5.74, 6) is 0.730. The fourth-order valence-electron chi connectivity index (χ4n) is 3.64. The van der Waals surface area contributed by atoms with Crippen molar-refractivity contribution in [3.8, 4) is 5.82 Å². The van der Waals surface area contributed by atoms with Crippen molar-refractivity contribution < 1.29 is 4.79 Å². The van der Waals surface area contributed by atoms with E-state index >= 15 is 0 Å². The predicted octanol–water partition coefficient (Wildman–Crippen LogP) is 3.51. The first-order valence-corrected chi connectivity index (χ1v) is 10.7. The fraction of sp³-hybridized carbons (Fsp3) is 0.381. The predicted molar refractivity (Wildman–Crippen MR) is 116 cm³/mol. The van der Waals surface area contributed by atoms with Crippen molar-refractivity contribution in [2.75, 3.05) is 18.4 Å². The van der Waals surface area contributed by atoms with Crippen LogP contribution in [0.2, 0.25) is 0 Å². The zero-order valence-electron chi connectivity index (χ0n) is 17.0. The molecule has 2 N–H and O–H groups in total. The Morgan fingerprint density at radius 2 is 2.17 bits per heavy atom. The number of aryl methyl sites for hydroxylation is 2. The van der Waals surface area contributed by atoms with Gasteiger partial charge < -0.3 is 10.6 Å². The number of aromatic nitrogens is 3. The molecule has 1 aliphatic heterocycles. The number of anilines is 1. The summed E-state index contributed by atoms with van der Waals surface area (Å²) in [6.45, 7) is 8.69. The van der Waals surface area contributed by atoms with Gasteiger partial charge in [-0.2, -0.15) is 5.10 Å². The van der Waals surface area contributed by atoms with Crippen LogP contribution in [0.15, 0.2) is 35.8 Å². The van der Waals surface area contributed by atoms with Gasteiger partial charge in [0.05, 0.1) is 17.6 Å². The van der Waals surface area contributed by atoms with Crippen molar-refractivity contribution in [2.45, 2.75) is 39.8 Å². The van der Waals surface area contributed by atoms with Crippen LogP contribution in [0, 0.1) is 13.8 Å². The Labute approximate surface area is 174 Å². The number of nitrogens with one attached hydrogen (secondary N) is 2. The van der Waals surface area contributed by atoms with Crippen molar-refractivity contribution in [3.05, 3.63) is 57.7 Å². The van der Waals surface area contributed by atoms with E-state index in [1.54, 1.807) is 10.9 Å². The van der Waals surface area contributed by atoms with Gasteiger partial charge in [-0.1, -0.05) is 0 Å². The van der Waals surface area contributed by atoms with Crippen LogP contribution in [0.1, 0.15) is 28.8 Å². The maximum atomic E-state index is 12.3. The Hall–Kier alpha value is -2.71. The number of amides is 2. The van der Waals surface area contributed by atoms with E-state index in [0.29, 0.717) is 12.2 Å². The quantitative estimate of drug-likeness (QED) is 0.675. The molecule has 4 heterocycles. The Balaban J connectivity index is 1.28. The lowest BCUT2D eigenvalue weighted by Crippen LogP contribution is -2.45. The monoisotopic (exact) mass is 410 g/mol. The number of thiophene rings is 1. The molecule has 1 atom stereocenters. The molecule has 4 rings (SSSR count). The third kappa shape index (κ3) is 4.49. The number of carbonyl (C=O) groups is 1. The molecule has 3 aromatic rings. The highest BCUT2D eigenvalue weighted by Gasteiger charge is 2.21. The normalized spacial score (nSPS) is 15.0. The highest BCUT2D eigenvalue weighted by molar-refractivity contribution is 7.10. The summed E-state index contributed by atoms with van der Waals surface area (Å²) in [4.78, 5) is 20.6. The summed E-state index contributed by atoms with van der Waals surface area (Å²) in [6.07, 6.45) is 2.74. The van der Waals surface area contributed by atoms with Gasteiger partial charge in [0, 0.05) is 36.2 Å². The first-order chi connectivity index (χ1) is 14.0. The molecular formula is C21H26N6OS. The van der Waals surface area contributed by atoms with Gasteiger partial charge in [0.15, 0.2) is 5.82 Å². The number of hydrogen-bond acceptors (Lipinski definition) is 5. The van der Waals surface area contributed by atoms with Crippen LogP contribution in [-0.4, -0.2) is 44.8 Å². The number of nitrogens with zero attached hydrogens (tertiary/aromatic N) is 4. The van der Waals surface area contributed by atoms with Gasteiger partial charge in [0.2, 0.25) is 0 Å². The Morgan fingerprint density at radius 3 is 2.90 bits per heavy atom. The van der Waals surface area contributed by atoms with E-state index in [1.165, 1.54) is 10.4 Å². The number of hydrogen-bond donors (Lipinski definition) is 2. The van der Waals surface area contributed by atoms with E-state index in [0.717, 1.165) is 36.7 Å². The highest BCUT2D eigenvalue weighted by Crippen LogP contribution is 2.25. The number of fused-ring (bicyclic) bond motifs is 1. The summed E-state index contributed by atoms with van der Waals surface area (Å²) >= 11 is 1.84. The van der Waals surface area contributed by atoms with Crippen LogP contribution in [-0.2, 0) is 13.0 Å². The van der Waals surface area contributed by atoms with Gasteiger partial charge in [-0.25, -0.2) is 14.5 Å². The molecule has 152 valence electrons. The third-order valence-corrected chi connectivity index (χ3v) is 6.27.